The van der Waals surface area contributed by atoms with E-state index in [0.29, 0.717) is 13.0 Å². The van der Waals surface area contributed by atoms with Crippen molar-refractivity contribution in [2.45, 2.75) is 50.1 Å². The Bertz CT molecular complexity index is 778. The fourth-order valence-electron chi connectivity index (χ4n) is 3.06. The van der Waals surface area contributed by atoms with Gasteiger partial charge < -0.3 is 4.90 Å². The minimum absolute atomic E-state index is 0.0964. The number of benzene rings is 1. The number of hydrogen-bond donors (Lipinski definition) is 0. The van der Waals surface area contributed by atoms with E-state index in [1.54, 1.807) is 6.92 Å². The molecule has 0 spiro atoms. The predicted molar refractivity (Wildman–Crippen MR) is 92.6 cm³/mol. The molecule has 1 unspecified atom stereocenters. The van der Waals surface area contributed by atoms with Crippen molar-refractivity contribution < 1.29 is 26.4 Å². The largest absolute Gasteiger partial charge is 0.396 e. The number of carbonyl (C=O) groups excluding carboxylic acids is 1. The first kappa shape index (κ1) is 20.7. The second-order valence-electron chi connectivity index (χ2n) is 6.32. The monoisotopic (exact) mass is 392 g/mol. The van der Waals surface area contributed by atoms with Gasteiger partial charge in [-0.15, -0.1) is 0 Å². The summed E-state index contributed by atoms with van der Waals surface area (Å²) < 4.78 is 67.1. The van der Waals surface area contributed by atoms with Crippen molar-refractivity contribution in [1.29, 1.82) is 0 Å². The van der Waals surface area contributed by atoms with Crippen LogP contribution in [-0.4, -0.2) is 44.9 Å². The molecule has 1 atom stereocenters. The molecule has 1 aromatic carbocycles. The molecular weight excluding hydrogens is 369 g/mol. The number of sulfonamides is 1. The summed E-state index contributed by atoms with van der Waals surface area (Å²) >= 11 is 0. The number of hydrogen-bond acceptors (Lipinski definition) is 3. The van der Waals surface area contributed by atoms with Crippen LogP contribution in [0.2, 0.25) is 0 Å². The van der Waals surface area contributed by atoms with E-state index in [2.05, 4.69) is 0 Å². The Hall–Kier alpha value is -1.61. The van der Waals surface area contributed by atoms with Gasteiger partial charge in [0.1, 0.15) is 0 Å². The molecule has 0 radical (unpaired) electrons. The lowest BCUT2D eigenvalue weighted by molar-refractivity contribution is -0.157. The van der Waals surface area contributed by atoms with Crippen molar-refractivity contribution in [3.63, 3.8) is 0 Å². The van der Waals surface area contributed by atoms with Crippen LogP contribution in [0.5, 0.6) is 0 Å². The summed E-state index contributed by atoms with van der Waals surface area (Å²) in [5.41, 5.74) is -0.0775. The van der Waals surface area contributed by atoms with Crippen molar-refractivity contribution in [3.8, 4) is 0 Å². The summed E-state index contributed by atoms with van der Waals surface area (Å²) in [7, 11) is -2.50. The molecular formula is C17H23F3N2O3S. The van der Waals surface area contributed by atoms with E-state index in [1.807, 2.05) is 6.92 Å². The lowest BCUT2D eigenvalue weighted by atomic mass is 9.89. The van der Waals surface area contributed by atoms with E-state index in [4.69, 9.17) is 0 Å². The van der Waals surface area contributed by atoms with Gasteiger partial charge in [-0.2, -0.15) is 17.5 Å². The Labute approximate surface area is 151 Å². The van der Waals surface area contributed by atoms with Crippen LogP contribution in [0.4, 0.5) is 18.9 Å². The maximum Gasteiger partial charge on any atom is 0.396 e. The predicted octanol–water partition coefficient (Wildman–Crippen LogP) is 3.51. The van der Waals surface area contributed by atoms with Gasteiger partial charge in [0, 0.05) is 32.2 Å². The van der Waals surface area contributed by atoms with Gasteiger partial charge in [0.15, 0.2) is 0 Å². The molecule has 26 heavy (non-hydrogen) atoms. The van der Waals surface area contributed by atoms with Gasteiger partial charge >= 0.3 is 6.18 Å². The normalized spacial score (nSPS) is 18.3. The molecule has 1 heterocycles. The average molecular weight is 392 g/mol. The molecule has 1 amide bonds. The quantitative estimate of drug-likeness (QED) is 0.744. The van der Waals surface area contributed by atoms with Gasteiger partial charge in [0.25, 0.3) is 0 Å². The van der Waals surface area contributed by atoms with Crippen LogP contribution >= 0.6 is 0 Å². The number of fused-ring (bicyclic) bond motifs is 1. The highest BCUT2D eigenvalue weighted by Gasteiger charge is 2.47. The summed E-state index contributed by atoms with van der Waals surface area (Å²) in [6, 6.07) is 3.62. The lowest BCUT2D eigenvalue weighted by Gasteiger charge is -2.33. The van der Waals surface area contributed by atoms with E-state index in [1.165, 1.54) is 23.5 Å². The molecule has 2 rings (SSSR count). The molecule has 0 aliphatic carbocycles. The van der Waals surface area contributed by atoms with E-state index in [0.717, 1.165) is 17.4 Å². The Morgan fingerprint density at radius 3 is 2.46 bits per heavy atom. The summed E-state index contributed by atoms with van der Waals surface area (Å²) in [5, 5.41) is 0. The number of nitrogens with zero attached hydrogens (tertiary/aromatic N) is 2. The van der Waals surface area contributed by atoms with Crippen molar-refractivity contribution in [2.75, 3.05) is 25.0 Å². The minimum Gasteiger partial charge on any atom is -0.315 e. The zero-order valence-corrected chi connectivity index (χ0v) is 15.8. The minimum atomic E-state index is -4.62. The molecule has 1 aromatic rings. The average Bonchev–Trinajstić information content (AvgIpc) is 2.57. The number of carbonyl (C=O) groups is 1. The highest BCUT2D eigenvalue weighted by Crippen LogP contribution is 2.45. The first-order valence-electron chi connectivity index (χ1n) is 8.51. The van der Waals surface area contributed by atoms with Crippen LogP contribution in [-0.2, 0) is 14.8 Å². The van der Waals surface area contributed by atoms with Crippen LogP contribution < -0.4 is 4.90 Å². The number of unbranched alkanes of at least 4 members (excludes halogenated alkanes) is 1. The smallest absolute Gasteiger partial charge is 0.315 e. The number of amides is 1. The molecule has 0 aromatic heterocycles. The van der Waals surface area contributed by atoms with Crippen molar-refractivity contribution in [1.82, 2.24) is 4.31 Å². The Balaban J connectivity index is 2.53. The number of rotatable bonds is 6. The lowest BCUT2D eigenvalue weighted by Crippen LogP contribution is -2.38. The molecule has 0 bridgehead atoms. The van der Waals surface area contributed by atoms with Crippen molar-refractivity contribution in [3.05, 3.63) is 23.8 Å². The zero-order chi connectivity index (χ0) is 19.7. The summed E-state index contributed by atoms with van der Waals surface area (Å²) in [5.74, 6) is -2.64. The van der Waals surface area contributed by atoms with Crippen LogP contribution in [0, 0.1) is 0 Å². The Morgan fingerprint density at radius 2 is 1.92 bits per heavy atom. The third-order valence-corrected chi connectivity index (χ3v) is 6.61. The number of halogens is 3. The van der Waals surface area contributed by atoms with Gasteiger partial charge in [-0.1, -0.05) is 20.3 Å². The highest BCUT2D eigenvalue weighted by atomic mass is 32.2. The first-order valence-corrected chi connectivity index (χ1v) is 9.95. The molecule has 0 N–H and O–H groups in total. The van der Waals surface area contributed by atoms with Crippen LogP contribution in [0.1, 0.15) is 44.6 Å². The van der Waals surface area contributed by atoms with Crippen molar-refractivity contribution >= 4 is 21.6 Å². The highest BCUT2D eigenvalue weighted by molar-refractivity contribution is 7.89. The standard InChI is InChI=1S/C17H23F3N2O3S/c1-4-6-9-22(5-2)26(24,25)12-7-8-15-13(10-12)14(17(18,19)20)11-16(23)21(15)3/h7-8,10,14H,4-6,9,11H2,1-3H3. The SMILES string of the molecule is CCCCN(CC)S(=O)(=O)c1ccc2c(c1)C(C(F)(F)F)CC(=O)N2C. The molecule has 0 saturated heterocycles. The van der Waals surface area contributed by atoms with Gasteiger partial charge in [-0.25, -0.2) is 8.42 Å². The van der Waals surface area contributed by atoms with Gasteiger partial charge in [-0.3, -0.25) is 4.79 Å². The van der Waals surface area contributed by atoms with Gasteiger partial charge in [0.05, 0.1) is 10.8 Å². The van der Waals surface area contributed by atoms with Crippen LogP contribution in [0.15, 0.2) is 23.1 Å². The van der Waals surface area contributed by atoms with E-state index >= 15 is 0 Å². The number of anilines is 1. The second kappa shape index (κ2) is 7.56. The maximum absolute atomic E-state index is 13.4. The zero-order valence-electron chi connectivity index (χ0n) is 15.0. The fourth-order valence-corrected chi connectivity index (χ4v) is 4.58. The topological polar surface area (TPSA) is 57.7 Å². The maximum atomic E-state index is 13.4. The van der Waals surface area contributed by atoms with Gasteiger partial charge in [-0.05, 0) is 30.2 Å². The molecule has 1 aliphatic heterocycles. The molecule has 0 fully saturated rings. The first-order chi connectivity index (χ1) is 12.0. The third-order valence-electron chi connectivity index (χ3n) is 4.64. The summed E-state index contributed by atoms with van der Waals surface area (Å²) in [6.45, 7) is 4.17. The fraction of sp³-hybridized carbons (Fsp3) is 0.588. The van der Waals surface area contributed by atoms with E-state index in [9.17, 15) is 26.4 Å². The molecule has 146 valence electrons. The van der Waals surface area contributed by atoms with Crippen LogP contribution in [0.25, 0.3) is 0 Å². The van der Waals surface area contributed by atoms with Crippen LogP contribution in [0.3, 0.4) is 0 Å². The van der Waals surface area contributed by atoms with Crippen molar-refractivity contribution in [2.24, 2.45) is 0 Å². The Morgan fingerprint density at radius 1 is 1.27 bits per heavy atom. The third kappa shape index (κ3) is 3.88. The van der Waals surface area contributed by atoms with Gasteiger partial charge in [0.2, 0.25) is 15.9 Å². The Kier molecular flexibility index (Phi) is 6.02. The van der Waals surface area contributed by atoms with E-state index in [-0.39, 0.29) is 22.7 Å². The van der Waals surface area contributed by atoms with E-state index < -0.39 is 34.4 Å². The summed E-state index contributed by atoms with van der Waals surface area (Å²) in [6.07, 6.45) is -3.87. The molecule has 5 nitrogen and oxygen atoms in total. The number of alkyl halides is 3. The second-order valence-corrected chi connectivity index (χ2v) is 8.26. The molecule has 1 aliphatic rings. The molecule has 0 saturated carbocycles. The molecule has 9 heteroatoms. The summed E-state index contributed by atoms with van der Waals surface area (Å²) in [4.78, 5) is 12.8.